The van der Waals surface area contributed by atoms with Gasteiger partial charge in [0.15, 0.2) is 12.4 Å². The topological polar surface area (TPSA) is 80.5 Å². The van der Waals surface area contributed by atoms with Crippen LogP contribution in [0.25, 0.3) is 0 Å². The molecule has 1 atom stereocenters. The van der Waals surface area contributed by atoms with Gasteiger partial charge in [-0.15, -0.1) is 0 Å². The highest BCUT2D eigenvalue weighted by Gasteiger charge is 2.38. The number of aromatic nitrogens is 2. The number of hydrogen-bond donors (Lipinski definition) is 1. The fourth-order valence-electron chi connectivity index (χ4n) is 3.54. The number of rotatable bonds is 5. The van der Waals surface area contributed by atoms with Crippen molar-refractivity contribution in [3.63, 3.8) is 0 Å². The van der Waals surface area contributed by atoms with Crippen LogP contribution in [0, 0.1) is 0 Å². The van der Waals surface area contributed by atoms with Gasteiger partial charge in [-0.25, -0.2) is 4.79 Å². The molecule has 1 saturated heterocycles. The average Bonchev–Trinajstić information content (AvgIpc) is 3.24. The Balaban J connectivity index is 1.40. The minimum atomic E-state index is -0.360. The number of urea groups is 1. The van der Waals surface area contributed by atoms with E-state index in [0.717, 1.165) is 24.3 Å². The van der Waals surface area contributed by atoms with Gasteiger partial charge in [0.2, 0.25) is 0 Å². The lowest BCUT2D eigenvalue weighted by atomic mass is 9.81. The number of hydrogen-bond acceptors (Lipinski definition) is 5. The summed E-state index contributed by atoms with van der Waals surface area (Å²) < 4.78 is 11.1. The van der Waals surface area contributed by atoms with Crippen LogP contribution in [0.1, 0.15) is 31.5 Å². The predicted molar refractivity (Wildman–Crippen MR) is 109 cm³/mol. The van der Waals surface area contributed by atoms with Crippen LogP contribution >= 0.6 is 0 Å². The molecule has 0 radical (unpaired) electrons. The largest absolute Gasteiger partial charge is 0.484 e. The van der Waals surface area contributed by atoms with Crippen LogP contribution in [0.4, 0.5) is 10.5 Å². The molecule has 0 aliphatic carbocycles. The van der Waals surface area contributed by atoms with E-state index >= 15 is 0 Å². The first-order valence-corrected chi connectivity index (χ1v) is 9.74. The summed E-state index contributed by atoms with van der Waals surface area (Å²) in [6.07, 6.45) is 1.77. The molecule has 7 heteroatoms. The van der Waals surface area contributed by atoms with Crippen LogP contribution in [-0.2, 0) is 12.0 Å². The standard InChI is InChI=1S/C22H24N4O3/c1-22(20-24-19(29-25-20)15-28-18-11-6-3-7-12-18)13-8-14-26(16-22)21(27)23-17-9-4-2-5-10-17/h2-7,9-12H,8,13-16H2,1H3,(H,23,27). The molecule has 29 heavy (non-hydrogen) atoms. The summed E-state index contributed by atoms with van der Waals surface area (Å²) in [5.41, 5.74) is 0.422. The summed E-state index contributed by atoms with van der Waals surface area (Å²) in [5, 5.41) is 7.12. The average molecular weight is 392 g/mol. The van der Waals surface area contributed by atoms with E-state index in [9.17, 15) is 4.79 Å². The number of piperidine rings is 1. The van der Waals surface area contributed by atoms with E-state index in [1.807, 2.05) is 65.6 Å². The Kier molecular flexibility index (Phi) is 5.46. The molecule has 3 aromatic rings. The molecule has 0 saturated carbocycles. The first-order valence-electron chi connectivity index (χ1n) is 9.74. The van der Waals surface area contributed by atoms with Crippen LogP contribution in [-0.4, -0.2) is 34.2 Å². The first kappa shape index (κ1) is 19.0. The molecule has 1 unspecified atom stereocenters. The van der Waals surface area contributed by atoms with Crippen molar-refractivity contribution in [1.82, 2.24) is 15.0 Å². The van der Waals surface area contributed by atoms with Crippen molar-refractivity contribution in [2.75, 3.05) is 18.4 Å². The molecule has 2 heterocycles. The van der Waals surface area contributed by atoms with Crippen molar-refractivity contribution in [1.29, 1.82) is 0 Å². The predicted octanol–water partition coefficient (Wildman–Crippen LogP) is 4.23. The number of para-hydroxylation sites is 2. The van der Waals surface area contributed by atoms with Crippen molar-refractivity contribution in [2.45, 2.75) is 31.8 Å². The fraction of sp³-hybridized carbons (Fsp3) is 0.318. The van der Waals surface area contributed by atoms with Crippen LogP contribution < -0.4 is 10.1 Å². The van der Waals surface area contributed by atoms with Crippen LogP contribution in [0.5, 0.6) is 5.75 Å². The fourth-order valence-corrected chi connectivity index (χ4v) is 3.54. The Bertz CT molecular complexity index is 945. The zero-order valence-corrected chi connectivity index (χ0v) is 16.4. The van der Waals surface area contributed by atoms with E-state index in [-0.39, 0.29) is 18.1 Å². The second-order valence-corrected chi connectivity index (χ2v) is 7.50. The quantitative estimate of drug-likeness (QED) is 0.703. The molecule has 2 aromatic carbocycles. The number of ether oxygens (including phenoxy) is 1. The second-order valence-electron chi connectivity index (χ2n) is 7.50. The monoisotopic (exact) mass is 392 g/mol. The van der Waals surface area contributed by atoms with Gasteiger partial charge < -0.3 is 19.5 Å². The Hall–Kier alpha value is -3.35. The number of carbonyl (C=O) groups is 1. The maximum Gasteiger partial charge on any atom is 0.321 e. The molecular formula is C22H24N4O3. The Morgan fingerprint density at radius 1 is 1.17 bits per heavy atom. The molecule has 0 bridgehead atoms. The zero-order valence-electron chi connectivity index (χ0n) is 16.4. The van der Waals surface area contributed by atoms with E-state index in [2.05, 4.69) is 22.4 Å². The van der Waals surface area contributed by atoms with Gasteiger partial charge in [0.1, 0.15) is 5.75 Å². The molecule has 1 aromatic heterocycles. The van der Waals surface area contributed by atoms with Crippen molar-refractivity contribution >= 4 is 11.7 Å². The number of likely N-dealkylation sites (tertiary alicyclic amines) is 1. The molecule has 1 N–H and O–H groups in total. The van der Waals surface area contributed by atoms with Crippen LogP contribution in [0.2, 0.25) is 0 Å². The van der Waals surface area contributed by atoms with Gasteiger partial charge in [-0.3, -0.25) is 0 Å². The molecule has 150 valence electrons. The maximum absolute atomic E-state index is 12.7. The van der Waals surface area contributed by atoms with Crippen molar-refractivity contribution in [3.8, 4) is 5.75 Å². The third kappa shape index (κ3) is 4.56. The van der Waals surface area contributed by atoms with Crippen LogP contribution in [0.15, 0.2) is 65.2 Å². The first-order chi connectivity index (χ1) is 14.1. The van der Waals surface area contributed by atoms with E-state index in [1.54, 1.807) is 0 Å². The molecular weight excluding hydrogens is 368 g/mol. The number of carbonyl (C=O) groups excluding carboxylic acids is 1. The lowest BCUT2D eigenvalue weighted by Gasteiger charge is -2.38. The summed E-state index contributed by atoms with van der Waals surface area (Å²) in [7, 11) is 0. The third-order valence-corrected chi connectivity index (χ3v) is 5.12. The van der Waals surface area contributed by atoms with E-state index in [4.69, 9.17) is 9.26 Å². The Morgan fingerprint density at radius 3 is 2.66 bits per heavy atom. The molecule has 1 fully saturated rings. The second kappa shape index (κ2) is 8.34. The number of anilines is 1. The van der Waals surface area contributed by atoms with E-state index < -0.39 is 0 Å². The zero-order chi connectivity index (χ0) is 20.1. The molecule has 4 rings (SSSR count). The normalized spacial score (nSPS) is 19.0. The van der Waals surface area contributed by atoms with E-state index in [1.165, 1.54) is 0 Å². The van der Waals surface area contributed by atoms with Crippen molar-refractivity contribution < 1.29 is 14.1 Å². The summed E-state index contributed by atoms with van der Waals surface area (Å²) in [4.78, 5) is 19.0. The van der Waals surface area contributed by atoms with Gasteiger partial charge in [-0.05, 0) is 37.1 Å². The minimum Gasteiger partial charge on any atom is -0.484 e. The molecule has 2 amide bonds. The van der Waals surface area contributed by atoms with Gasteiger partial charge in [0, 0.05) is 24.2 Å². The van der Waals surface area contributed by atoms with E-state index in [0.29, 0.717) is 24.8 Å². The molecule has 1 aliphatic heterocycles. The Labute approximate surface area is 169 Å². The third-order valence-electron chi connectivity index (χ3n) is 5.12. The van der Waals surface area contributed by atoms with Gasteiger partial charge in [-0.1, -0.05) is 48.5 Å². The van der Waals surface area contributed by atoms with Gasteiger partial charge >= 0.3 is 6.03 Å². The molecule has 0 spiro atoms. The van der Waals surface area contributed by atoms with Gasteiger partial charge in [0.25, 0.3) is 5.89 Å². The summed E-state index contributed by atoms with van der Waals surface area (Å²) in [6, 6.07) is 18.9. The number of nitrogens with zero attached hydrogens (tertiary/aromatic N) is 3. The summed E-state index contributed by atoms with van der Waals surface area (Å²) in [6.45, 7) is 3.52. The molecule has 1 aliphatic rings. The number of benzene rings is 2. The van der Waals surface area contributed by atoms with Crippen molar-refractivity contribution in [3.05, 3.63) is 72.4 Å². The highest BCUT2D eigenvalue weighted by Crippen LogP contribution is 2.32. The SMILES string of the molecule is CC1(c2noc(COc3ccccc3)n2)CCCN(C(=O)Nc2ccccc2)C1. The van der Waals surface area contributed by atoms with Gasteiger partial charge in [-0.2, -0.15) is 4.98 Å². The minimum absolute atomic E-state index is 0.113. The highest BCUT2D eigenvalue weighted by molar-refractivity contribution is 5.89. The molecule has 7 nitrogen and oxygen atoms in total. The van der Waals surface area contributed by atoms with Gasteiger partial charge in [0.05, 0.1) is 0 Å². The summed E-state index contributed by atoms with van der Waals surface area (Å²) in [5.74, 6) is 1.79. The Morgan fingerprint density at radius 2 is 1.90 bits per heavy atom. The van der Waals surface area contributed by atoms with Crippen molar-refractivity contribution in [2.24, 2.45) is 0 Å². The highest BCUT2D eigenvalue weighted by atomic mass is 16.5. The summed E-state index contributed by atoms with van der Waals surface area (Å²) >= 11 is 0. The number of nitrogens with one attached hydrogen (secondary N) is 1. The maximum atomic E-state index is 12.7. The lowest BCUT2D eigenvalue weighted by molar-refractivity contribution is 0.161. The lowest BCUT2D eigenvalue weighted by Crippen LogP contribution is -2.49. The number of amides is 2. The smallest absolute Gasteiger partial charge is 0.321 e. The van der Waals surface area contributed by atoms with Crippen LogP contribution in [0.3, 0.4) is 0 Å².